The molecule has 7 heteroatoms. The van der Waals surface area contributed by atoms with Crippen molar-refractivity contribution in [3.8, 4) is 0 Å². The van der Waals surface area contributed by atoms with Crippen molar-refractivity contribution in [3.05, 3.63) is 41.5 Å². The number of amides is 1. The van der Waals surface area contributed by atoms with Crippen LogP contribution in [-0.2, 0) is 11.2 Å². The van der Waals surface area contributed by atoms with E-state index in [2.05, 4.69) is 20.8 Å². The quantitative estimate of drug-likeness (QED) is 0.784. The third-order valence-electron chi connectivity index (χ3n) is 2.36. The van der Waals surface area contributed by atoms with Gasteiger partial charge in [0.15, 0.2) is 6.33 Å². The predicted octanol–water partition coefficient (Wildman–Crippen LogP) is 1.49. The van der Waals surface area contributed by atoms with Crippen molar-refractivity contribution < 1.29 is 9.32 Å². The van der Waals surface area contributed by atoms with E-state index in [9.17, 15) is 4.79 Å². The summed E-state index contributed by atoms with van der Waals surface area (Å²) >= 11 is 5.93. The molecular formula is C12H13ClN4O2. The Morgan fingerprint density at radius 1 is 1.37 bits per heavy atom. The molecule has 0 aliphatic heterocycles. The summed E-state index contributed by atoms with van der Waals surface area (Å²) in [6.07, 6.45) is 1.93. The minimum atomic E-state index is -0.154. The fourth-order valence-corrected chi connectivity index (χ4v) is 1.64. The van der Waals surface area contributed by atoms with Crippen LogP contribution in [0.1, 0.15) is 5.89 Å². The second kappa shape index (κ2) is 6.86. The van der Waals surface area contributed by atoms with Crippen LogP contribution in [0.3, 0.4) is 0 Å². The number of benzene rings is 1. The number of para-hydroxylation sites is 1. The lowest BCUT2D eigenvalue weighted by Crippen LogP contribution is -2.29. The number of aromatic nitrogens is 2. The summed E-state index contributed by atoms with van der Waals surface area (Å²) < 4.78 is 4.83. The van der Waals surface area contributed by atoms with Gasteiger partial charge in [0.1, 0.15) is 0 Å². The average molecular weight is 281 g/mol. The van der Waals surface area contributed by atoms with Crippen molar-refractivity contribution in [3.63, 3.8) is 0 Å². The predicted molar refractivity (Wildman–Crippen MR) is 71.0 cm³/mol. The Kier molecular flexibility index (Phi) is 4.88. The Morgan fingerprint density at radius 3 is 2.95 bits per heavy atom. The van der Waals surface area contributed by atoms with Gasteiger partial charge in [-0.3, -0.25) is 4.79 Å². The number of halogens is 1. The topological polar surface area (TPSA) is 80.1 Å². The zero-order valence-electron chi connectivity index (χ0n) is 10.1. The molecule has 1 heterocycles. The molecule has 19 heavy (non-hydrogen) atoms. The van der Waals surface area contributed by atoms with E-state index in [1.165, 1.54) is 6.33 Å². The minimum absolute atomic E-state index is 0.154. The highest BCUT2D eigenvalue weighted by molar-refractivity contribution is 6.33. The number of hydrogen-bond acceptors (Lipinski definition) is 5. The van der Waals surface area contributed by atoms with Crippen LogP contribution in [0.15, 0.2) is 35.1 Å². The van der Waals surface area contributed by atoms with E-state index >= 15 is 0 Å². The summed E-state index contributed by atoms with van der Waals surface area (Å²) in [5.41, 5.74) is 0.605. The standard InChI is InChI=1S/C12H13ClN4O2/c13-9-3-1-2-4-10(9)17-11(18)7-14-6-5-12-15-8-16-19-12/h1-4,8,14H,5-7H2,(H,17,18). The van der Waals surface area contributed by atoms with E-state index < -0.39 is 0 Å². The van der Waals surface area contributed by atoms with Crippen molar-refractivity contribution in [2.45, 2.75) is 6.42 Å². The van der Waals surface area contributed by atoms with Crippen LogP contribution in [0.2, 0.25) is 5.02 Å². The van der Waals surface area contributed by atoms with Gasteiger partial charge in [-0.25, -0.2) is 0 Å². The van der Waals surface area contributed by atoms with Gasteiger partial charge in [0, 0.05) is 13.0 Å². The molecule has 0 saturated carbocycles. The molecule has 2 N–H and O–H groups in total. The molecule has 100 valence electrons. The Labute approximate surface area is 115 Å². The number of nitrogens with one attached hydrogen (secondary N) is 2. The maximum Gasteiger partial charge on any atom is 0.238 e. The summed E-state index contributed by atoms with van der Waals surface area (Å²) in [7, 11) is 0. The maximum atomic E-state index is 11.6. The monoisotopic (exact) mass is 280 g/mol. The number of nitrogens with zero attached hydrogens (tertiary/aromatic N) is 2. The zero-order chi connectivity index (χ0) is 13.5. The molecule has 0 aliphatic carbocycles. The third kappa shape index (κ3) is 4.35. The fourth-order valence-electron chi connectivity index (χ4n) is 1.46. The number of anilines is 1. The van der Waals surface area contributed by atoms with Gasteiger partial charge in [0.2, 0.25) is 11.8 Å². The molecule has 0 fully saturated rings. The summed E-state index contributed by atoms with van der Waals surface area (Å²) in [5, 5.41) is 9.71. The summed E-state index contributed by atoms with van der Waals surface area (Å²) in [6, 6.07) is 7.09. The molecule has 1 amide bonds. The van der Waals surface area contributed by atoms with Crippen molar-refractivity contribution >= 4 is 23.2 Å². The lowest BCUT2D eigenvalue weighted by Gasteiger charge is -2.07. The molecule has 6 nitrogen and oxygen atoms in total. The fraction of sp³-hybridized carbons (Fsp3) is 0.250. The van der Waals surface area contributed by atoms with E-state index in [-0.39, 0.29) is 12.5 Å². The van der Waals surface area contributed by atoms with Crippen LogP contribution < -0.4 is 10.6 Å². The summed E-state index contributed by atoms with van der Waals surface area (Å²) in [5.74, 6) is 0.387. The molecule has 0 radical (unpaired) electrons. The zero-order valence-corrected chi connectivity index (χ0v) is 10.9. The molecule has 0 bridgehead atoms. The molecular weight excluding hydrogens is 268 g/mol. The number of carbonyl (C=O) groups is 1. The maximum absolute atomic E-state index is 11.6. The highest BCUT2D eigenvalue weighted by Gasteiger charge is 2.05. The van der Waals surface area contributed by atoms with E-state index in [0.717, 1.165) is 0 Å². The molecule has 0 atom stereocenters. The smallest absolute Gasteiger partial charge is 0.238 e. The summed E-state index contributed by atoms with van der Waals surface area (Å²) in [6.45, 7) is 0.775. The van der Waals surface area contributed by atoms with E-state index in [0.29, 0.717) is 29.6 Å². The molecule has 0 aliphatic rings. The van der Waals surface area contributed by atoms with Gasteiger partial charge in [-0.15, -0.1) is 0 Å². The Hall–Kier alpha value is -1.92. The third-order valence-corrected chi connectivity index (χ3v) is 2.69. The van der Waals surface area contributed by atoms with Crippen LogP contribution in [0, 0.1) is 0 Å². The van der Waals surface area contributed by atoms with Gasteiger partial charge in [-0.1, -0.05) is 28.9 Å². The van der Waals surface area contributed by atoms with E-state index in [4.69, 9.17) is 16.1 Å². The first-order valence-corrected chi connectivity index (χ1v) is 6.14. The van der Waals surface area contributed by atoms with Gasteiger partial charge in [0.25, 0.3) is 0 Å². The second-order valence-corrected chi connectivity index (χ2v) is 4.20. The van der Waals surface area contributed by atoms with Crippen molar-refractivity contribution in [1.29, 1.82) is 0 Å². The first-order chi connectivity index (χ1) is 9.25. The number of carbonyl (C=O) groups excluding carboxylic acids is 1. The summed E-state index contributed by atoms with van der Waals surface area (Å²) in [4.78, 5) is 15.5. The van der Waals surface area contributed by atoms with Crippen molar-refractivity contribution in [2.75, 3.05) is 18.4 Å². The Balaban J connectivity index is 1.69. The molecule has 1 aromatic carbocycles. The van der Waals surface area contributed by atoms with Crippen LogP contribution in [0.5, 0.6) is 0 Å². The molecule has 0 saturated heterocycles. The van der Waals surface area contributed by atoms with Crippen LogP contribution in [0.4, 0.5) is 5.69 Å². The van der Waals surface area contributed by atoms with Crippen LogP contribution in [0.25, 0.3) is 0 Å². The van der Waals surface area contributed by atoms with Gasteiger partial charge in [-0.2, -0.15) is 4.98 Å². The normalized spacial score (nSPS) is 10.4. The Bertz CT molecular complexity index is 530. The number of hydrogen-bond donors (Lipinski definition) is 2. The first kappa shape index (κ1) is 13.5. The first-order valence-electron chi connectivity index (χ1n) is 5.76. The van der Waals surface area contributed by atoms with E-state index in [1.807, 2.05) is 6.07 Å². The molecule has 1 aromatic heterocycles. The molecule has 2 rings (SSSR count). The lowest BCUT2D eigenvalue weighted by molar-refractivity contribution is -0.115. The molecule has 0 unspecified atom stereocenters. The van der Waals surface area contributed by atoms with Gasteiger partial charge in [-0.05, 0) is 12.1 Å². The average Bonchev–Trinajstić information content (AvgIpc) is 2.91. The van der Waals surface area contributed by atoms with E-state index in [1.54, 1.807) is 18.2 Å². The van der Waals surface area contributed by atoms with Crippen LogP contribution >= 0.6 is 11.6 Å². The lowest BCUT2D eigenvalue weighted by atomic mass is 10.3. The van der Waals surface area contributed by atoms with Crippen molar-refractivity contribution in [2.24, 2.45) is 0 Å². The minimum Gasteiger partial charge on any atom is -0.340 e. The molecule has 0 spiro atoms. The highest BCUT2D eigenvalue weighted by atomic mass is 35.5. The van der Waals surface area contributed by atoms with Gasteiger partial charge in [0.05, 0.1) is 17.3 Å². The molecule has 2 aromatic rings. The highest BCUT2D eigenvalue weighted by Crippen LogP contribution is 2.19. The SMILES string of the molecule is O=C(CNCCc1ncno1)Nc1ccccc1Cl. The van der Waals surface area contributed by atoms with Gasteiger partial charge < -0.3 is 15.2 Å². The van der Waals surface area contributed by atoms with Crippen molar-refractivity contribution in [1.82, 2.24) is 15.5 Å². The Morgan fingerprint density at radius 2 is 2.21 bits per heavy atom. The second-order valence-electron chi connectivity index (χ2n) is 3.79. The largest absolute Gasteiger partial charge is 0.340 e. The van der Waals surface area contributed by atoms with Crippen LogP contribution in [-0.4, -0.2) is 29.1 Å². The van der Waals surface area contributed by atoms with Gasteiger partial charge >= 0.3 is 0 Å². The number of rotatable bonds is 6.